The van der Waals surface area contributed by atoms with Gasteiger partial charge in [0.1, 0.15) is 0 Å². The number of piperidine rings is 1. The van der Waals surface area contributed by atoms with E-state index in [1.807, 2.05) is 6.92 Å². The van der Waals surface area contributed by atoms with Crippen LogP contribution in [0.3, 0.4) is 0 Å². The lowest BCUT2D eigenvalue weighted by atomic mass is 9.94. The normalized spacial score (nSPS) is 26.9. The van der Waals surface area contributed by atoms with Crippen LogP contribution >= 0.6 is 0 Å². The summed E-state index contributed by atoms with van der Waals surface area (Å²) in [6.45, 7) is 3.98. The molecule has 2 aliphatic rings. The second-order valence-corrected chi connectivity index (χ2v) is 7.85. The Morgan fingerprint density at radius 3 is 3.00 bits per heavy atom. The molecule has 0 aromatic carbocycles. The van der Waals surface area contributed by atoms with E-state index in [1.165, 1.54) is 12.8 Å². The van der Waals surface area contributed by atoms with Crippen LogP contribution in [0.25, 0.3) is 0 Å². The zero-order valence-electron chi connectivity index (χ0n) is 12.5. The van der Waals surface area contributed by atoms with Crippen molar-refractivity contribution in [3.05, 3.63) is 11.8 Å². The van der Waals surface area contributed by atoms with Crippen LogP contribution in [0.15, 0.2) is 11.2 Å². The zero-order valence-corrected chi connectivity index (χ0v) is 13.3. The number of rotatable bonds is 5. The summed E-state index contributed by atoms with van der Waals surface area (Å²) in [7, 11) is -3.46. The second kappa shape index (κ2) is 6.06. The van der Waals surface area contributed by atoms with E-state index in [1.54, 1.807) is 10.5 Å². The first-order valence-corrected chi connectivity index (χ1v) is 9.33. The van der Waals surface area contributed by atoms with Crippen molar-refractivity contribution in [3.63, 3.8) is 0 Å². The molecule has 1 saturated carbocycles. The summed E-state index contributed by atoms with van der Waals surface area (Å²) >= 11 is 0. The minimum absolute atomic E-state index is 0.194. The van der Waals surface area contributed by atoms with E-state index in [4.69, 9.17) is 0 Å². The first-order chi connectivity index (χ1) is 10.1. The monoisotopic (exact) mass is 312 g/mol. The summed E-state index contributed by atoms with van der Waals surface area (Å²) in [4.78, 5) is 0. The number of fused-ring (bicyclic) bond motifs is 1. The summed E-state index contributed by atoms with van der Waals surface area (Å²) in [5.41, 5.74) is 0.733. The number of hydrogen-bond donors (Lipinski definition) is 2. The van der Waals surface area contributed by atoms with Crippen molar-refractivity contribution in [3.8, 4) is 0 Å². The second-order valence-electron chi connectivity index (χ2n) is 6.02. The van der Waals surface area contributed by atoms with Crippen LogP contribution in [0.1, 0.15) is 44.6 Å². The summed E-state index contributed by atoms with van der Waals surface area (Å²) in [6, 6.07) is 0.194. The summed E-state index contributed by atoms with van der Waals surface area (Å²) in [6.07, 6.45) is 7.08. The Kier molecular flexibility index (Phi) is 4.33. The standard InChI is InChI=1S/C14H24N4O2S/c1-2-15-9-12-10-16-17-14(12)21(19,20)18-8-4-6-11-5-3-7-13(11)18/h10-11,13,15H,2-9H2,1H3,(H,16,17). The number of nitrogens with zero attached hydrogens (tertiary/aromatic N) is 2. The van der Waals surface area contributed by atoms with Crippen molar-refractivity contribution in [2.45, 2.75) is 56.6 Å². The average Bonchev–Trinajstić information content (AvgIpc) is 3.13. The zero-order chi connectivity index (χ0) is 14.9. The molecule has 7 heteroatoms. The minimum atomic E-state index is -3.46. The third kappa shape index (κ3) is 2.74. The van der Waals surface area contributed by atoms with Gasteiger partial charge in [-0.2, -0.15) is 9.40 Å². The van der Waals surface area contributed by atoms with E-state index in [0.717, 1.165) is 31.4 Å². The van der Waals surface area contributed by atoms with Crippen molar-refractivity contribution < 1.29 is 8.42 Å². The highest BCUT2D eigenvalue weighted by molar-refractivity contribution is 7.89. The fourth-order valence-electron chi connectivity index (χ4n) is 3.73. The quantitative estimate of drug-likeness (QED) is 0.863. The maximum absolute atomic E-state index is 13.0. The largest absolute Gasteiger partial charge is 0.313 e. The van der Waals surface area contributed by atoms with Gasteiger partial charge >= 0.3 is 0 Å². The molecule has 6 nitrogen and oxygen atoms in total. The number of hydrogen-bond acceptors (Lipinski definition) is 4. The maximum Gasteiger partial charge on any atom is 0.260 e. The van der Waals surface area contributed by atoms with Gasteiger partial charge in [0.05, 0.1) is 6.20 Å². The smallest absolute Gasteiger partial charge is 0.260 e. The van der Waals surface area contributed by atoms with Crippen molar-refractivity contribution in [2.75, 3.05) is 13.1 Å². The number of aromatic nitrogens is 2. The molecule has 1 aromatic heterocycles. The van der Waals surface area contributed by atoms with Gasteiger partial charge in [0.25, 0.3) is 10.0 Å². The lowest BCUT2D eigenvalue weighted by Crippen LogP contribution is -2.46. The third-order valence-corrected chi connectivity index (χ3v) is 6.69. The third-order valence-electron chi connectivity index (χ3n) is 4.75. The van der Waals surface area contributed by atoms with Crippen LogP contribution in [-0.2, 0) is 16.6 Å². The molecule has 0 radical (unpaired) electrons. The number of aromatic amines is 1. The number of nitrogens with one attached hydrogen (secondary N) is 2. The molecule has 1 saturated heterocycles. The van der Waals surface area contributed by atoms with Crippen LogP contribution in [0, 0.1) is 5.92 Å². The van der Waals surface area contributed by atoms with E-state index < -0.39 is 10.0 Å². The van der Waals surface area contributed by atoms with Gasteiger partial charge in [-0.25, -0.2) is 8.42 Å². The summed E-state index contributed by atoms with van der Waals surface area (Å²) in [5, 5.41) is 10.1. The molecule has 2 unspecified atom stereocenters. The van der Waals surface area contributed by atoms with Crippen LogP contribution in [0.2, 0.25) is 0 Å². The highest BCUT2D eigenvalue weighted by Crippen LogP contribution is 2.39. The fraction of sp³-hybridized carbons (Fsp3) is 0.786. The van der Waals surface area contributed by atoms with Gasteiger partial charge in [-0.15, -0.1) is 0 Å². The van der Waals surface area contributed by atoms with Gasteiger partial charge in [0, 0.05) is 24.7 Å². The SMILES string of the molecule is CCNCc1cn[nH]c1S(=O)(=O)N1CCCC2CCCC21. The molecule has 2 atom stereocenters. The number of sulfonamides is 1. The molecule has 118 valence electrons. The molecular weight excluding hydrogens is 288 g/mol. The molecule has 3 rings (SSSR count). The molecule has 0 spiro atoms. The Balaban J connectivity index is 1.87. The van der Waals surface area contributed by atoms with Gasteiger partial charge < -0.3 is 5.32 Å². The Labute approximate surface area is 126 Å². The van der Waals surface area contributed by atoms with Crippen LogP contribution in [0.5, 0.6) is 0 Å². The van der Waals surface area contributed by atoms with Gasteiger partial charge in [0.2, 0.25) is 0 Å². The van der Waals surface area contributed by atoms with E-state index in [9.17, 15) is 8.42 Å². The van der Waals surface area contributed by atoms with Gasteiger partial charge in [-0.05, 0) is 38.1 Å². The molecule has 21 heavy (non-hydrogen) atoms. The van der Waals surface area contributed by atoms with E-state index >= 15 is 0 Å². The van der Waals surface area contributed by atoms with Gasteiger partial charge in [0.15, 0.2) is 5.03 Å². The topological polar surface area (TPSA) is 78.1 Å². The van der Waals surface area contributed by atoms with Crippen LogP contribution < -0.4 is 5.32 Å². The lowest BCUT2D eigenvalue weighted by Gasteiger charge is -2.36. The Morgan fingerprint density at radius 1 is 1.38 bits per heavy atom. The molecule has 1 aromatic rings. The molecular formula is C14H24N4O2S. The summed E-state index contributed by atoms with van der Waals surface area (Å²) < 4.78 is 27.7. The van der Waals surface area contributed by atoms with E-state index in [2.05, 4.69) is 15.5 Å². The molecule has 1 aliphatic heterocycles. The van der Waals surface area contributed by atoms with Gasteiger partial charge in [-0.3, -0.25) is 5.10 Å². The molecule has 2 N–H and O–H groups in total. The Hall–Kier alpha value is -0.920. The predicted octanol–water partition coefficient (Wildman–Crippen LogP) is 1.47. The van der Waals surface area contributed by atoms with E-state index in [0.29, 0.717) is 19.0 Å². The van der Waals surface area contributed by atoms with Crippen molar-refractivity contribution in [1.29, 1.82) is 0 Å². The molecule has 0 bridgehead atoms. The van der Waals surface area contributed by atoms with Crippen molar-refractivity contribution in [2.24, 2.45) is 5.92 Å². The minimum Gasteiger partial charge on any atom is -0.313 e. The van der Waals surface area contributed by atoms with Crippen LogP contribution in [0.4, 0.5) is 0 Å². The van der Waals surface area contributed by atoms with Gasteiger partial charge in [-0.1, -0.05) is 13.3 Å². The first kappa shape index (κ1) is 15.0. The highest BCUT2D eigenvalue weighted by Gasteiger charge is 2.42. The van der Waals surface area contributed by atoms with Crippen molar-refractivity contribution >= 4 is 10.0 Å². The molecule has 1 aliphatic carbocycles. The molecule has 2 fully saturated rings. The average molecular weight is 312 g/mol. The fourth-order valence-corrected chi connectivity index (χ4v) is 5.59. The highest BCUT2D eigenvalue weighted by atomic mass is 32.2. The maximum atomic E-state index is 13.0. The number of H-pyrrole nitrogens is 1. The van der Waals surface area contributed by atoms with Crippen LogP contribution in [-0.4, -0.2) is 42.1 Å². The van der Waals surface area contributed by atoms with Crippen molar-refractivity contribution in [1.82, 2.24) is 19.8 Å². The Bertz CT molecular complexity index is 584. The lowest BCUT2D eigenvalue weighted by molar-refractivity contribution is 0.201. The Morgan fingerprint density at radius 2 is 2.19 bits per heavy atom. The molecule has 2 heterocycles. The van der Waals surface area contributed by atoms with E-state index in [-0.39, 0.29) is 11.1 Å². The molecule has 0 amide bonds. The summed E-state index contributed by atoms with van der Waals surface area (Å²) in [5.74, 6) is 0.550. The predicted molar refractivity (Wildman–Crippen MR) is 80.2 cm³/mol. The first-order valence-electron chi connectivity index (χ1n) is 7.89.